The van der Waals surface area contributed by atoms with Gasteiger partial charge in [0.1, 0.15) is 0 Å². The molecule has 0 aromatic carbocycles. The molecule has 0 aromatic heterocycles. The van der Waals surface area contributed by atoms with Gasteiger partial charge in [-0.1, -0.05) is 44.6 Å². The number of carbonyl (C=O) groups excluding carboxylic acids is 1. The lowest BCUT2D eigenvalue weighted by Crippen LogP contribution is -2.49. The van der Waals surface area contributed by atoms with Crippen LogP contribution in [0.15, 0.2) is 23.8 Å². The number of hydrogen-bond donors (Lipinski definition) is 0. The van der Waals surface area contributed by atoms with E-state index in [1.54, 1.807) is 5.57 Å². The lowest BCUT2D eigenvalue weighted by molar-refractivity contribution is -0.141. The third kappa shape index (κ3) is 3.02. The summed E-state index contributed by atoms with van der Waals surface area (Å²) in [6.45, 7) is 7.52. The molecule has 0 bridgehead atoms. The van der Waals surface area contributed by atoms with Gasteiger partial charge in [0.15, 0.2) is 0 Å². The topological polar surface area (TPSA) is 26.3 Å². The SMILES string of the molecule is COC(=O)CC[C@@H](C)[C@H]1CC[C@H]2[C@@H]3CCC4=CCC=C[C@]4(C)[C@H]3CC[C@]12C. The molecule has 150 valence electrons. The van der Waals surface area contributed by atoms with Crippen molar-refractivity contribution in [3.8, 4) is 0 Å². The van der Waals surface area contributed by atoms with Crippen LogP contribution in [-0.2, 0) is 9.53 Å². The lowest BCUT2D eigenvalue weighted by atomic mass is 9.47. The zero-order chi connectivity index (χ0) is 19.2. The highest BCUT2D eigenvalue weighted by molar-refractivity contribution is 5.69. The monoisotopic (exact) mass is 370 g/mol. The standard InChI is InChI=1S/C25H38O2/c1-17(8-13-23(26)27-4)20-11-12-21-19-10-9-18-7-5-6-15-24(18,2)22(19)14-16-25(20,21)3/h6-7,15,17,19-22H,5,8-14,16H2,1-4H3/t17-,19+,20-,21+,22+,24+,25-/m1/s1. The van der Waals surface area contributed by atoms with Gasteiger partial charge in [0.25, 0.3) is 0 Å². The Bertz CT molecular complexity index is 647. The fourth-order valence-corrected chi connectivity index (χ4v) is 7.96. The fourth-order valence-electron chi connectivity index (χ4n) is 7.96. The van der Waals surface area contributed by atoms with Crippen LogP contribution >= 0.6 is 0 Å². The van der Waals surface area contributed by atoms with Crippen LogP contribution in [0.25, 0.3) is 0 Å². The minimum absolute atomic E-state index is 0.0473. The molecule has 4 rings (SSSR count). The number of esters is 1. The summed E-state index contributed by atoms with van der Waals surface area (Å²) in [4.78, 5) is 11.6. The first-order chi connectivity index (χ1) is 12.9. The lowest BCUT2D eigenvalue weighted by Gasteiger charge is -2.57. The van der Waals surface area contributed by atoms with Crippen LogP contribution in [0.4, 0.5) is 0 Å². The highest BCUT2D eigenvalue weighted by Gasteiger charge is 2.58. The molecule has 0 saturated heterocycles. The van der Waals surface area contributed by atoms with E-state index >= 15 is 0 Å². The number of carbonyl (C=O) groups is 1. The van der Waals surface area contributed by atoms with E-state index in [0.717, 1.165) is 36.5 Å². The number of allylic oxidation sites excluding steroid dienone is 4. The first-order valence-electron chi connectivity index (χ1n) is 11.3. The Kier molecular flexibility index (Phi) is 5.06. The molecular weight excluding hydrogens is 332 g/mol. The molecule has 27 heavy (non-hydrogen) atoms. The summed E-state index contributed by atoms with van der Waals surface area (Å²) < 4.78 is 4.88. The molecule has 4 aliphatic rings. The minimum Gasteiger partial charge on any atom is -0.469 e. The second-order valence-electron chi connectivity index (χ2n) is 10.4. The average Bonchev–Trinajstić information content (AvgIpc) is 3.02. The third-order valence-electron chi connectivity index (χ3n) is 9.40. The first-order valence-corrected chi connectivity index (χ1v) is 11.3. The summed E-state index contributed by atoms with van der Waals surface area (Å²) in [6.07, 6.45) is 18.5. The van der Waals surface area contributed by atoms with Crippen LogP contribution in [-0.4, -0.2) is 13.1 Å². The van der Waals surface area contributed by atoms with Crippen molar-refractivity contribution in [3.05, 3.63) is 23.8 Å². The van der Waals surface area contributed by atoms with Gasteiger partial charge in [-0.15, -0.1) is 0 Å². The van der Waals surface area contributed by atoms with Gasteiger partial charge in [-0.2, -0.15) is 0 Å². The van der Waals surface area contributed by atoms with Crippen molar-refractivity contribution in [1.29, 1.82) is 0 Å². The van der Waals surface area contributed by atoms with Crippen molar-refractivity contribution in [3.63, 3.8) is 0 Å². The van der Waals surface area contributed by atoms with Crippen molar-refractivity contribution in [2.75, 3.05) is 7.11 Å². The van der Waals surface area contributed by atoms with Gasteiger partial charge in [0.05, 0.1) is 7.11 Å². The summed E-state index contributed by atoms with van der Waals surface area (Å²) in [5.74, 6) is 3.98. The van der Waals surface area contributed by atoms with E-state index in [1.165, 1.54) is 45.6 Å². The summed E-state index contributed by atoms with van der Waals surface area (Å²) in [7, 11) is 1.51. The number of ether oxygens (including phenoxy) is 1. The Morgan fingerprint density at radius 3 is 2.81 bits per heavy atom. The molecule has 0 spiro atoms. The normalized spacial score (nSPS) is 43.9. The summed E-state index contributed by atoms with van der Waals surface area (Å²) in [5.41, 5.74) is 2.54. The van der Waals surface area contributed by atoms with Gasteiger partial charge >= 0.3 is 5.97 Å². The number of rotatable bonds is 4. The molecule has 2 heteroatoms. The van der Waals surface area contributed by atoms with Crippen LogP contribution in [0.2, 0.25) is 0 Å². The molecule has 0 amide bonds. The van der Waals surface area contributed by atoms with Crippen LogP contribution < -0.4 is 0 Å². The molecular formula is C25H38O2. The molecule has 3 fully saturated rings. The molecule has 0 aromatic rings. The quantitative estimate of drug-likeness (QED) is 0.427. The van der Waals surface area contributed by atoms with Gasteiger partial charge in [-0.3, -0.25) is 4.79 Å². The maximum absolute atomic E-state index is 11.6. The van der Waals surface area contributed by atoms with Crippen molar-refractivity contribution in [2.24, 2.45) is 40.4 Å². The summed E-state index contributed by atoms with van der Waals surface area (Å²) >= 11 is 0. The van der Waals surface area contributed by atoms with Gasteiger partial charge in [0, 0.05) is 11.8 Å². The summed E-state index contributed by atoms with van der Waals surface area (Å²) in [5, 5.41) is 0. The number of fused-ring (bicyclic) bond motifs is 5. The van der Waals surface area contributed by atoms with E-state index in [0.29, 0.717) is 23.2 Å². The zero-order valence-electron chi connectivity index (χ0n) is 17.8. The fraction of sp³-hybridized carbons (Fsp3) is 0.800. The third-order valence-corrected chi connectivity index (χ3v) is 9.40. The molecule has 4 aliphatic carbocycles. The van der Waals surface area contributed by atoms with E-state index in [9.17, 15) is 4.79 Å². The molecule has 0 unspecified atom stereocenters. The van der Waals surface area contributed by atoms with Crippen LogP contribution in [0.3, 0.4) is 0 Å². The summed E-state index contributed by atoms with van der Waals surface area (Å²) in [6, 6.07) is 0. The van der Waals surface area contributed by atoms with Crippen LogP contribution in [0.5, 0.6) is 0 Å². The van der Waals surface area contributed by atoms with Gasteiger partial charge in [-0.25, -0.2) is 0 Å². The predicted octanol–water partition coefficient (Wildman–Crippen LogP) is 6.32. The average molecular weight is 371 g/mol. The number of methoxy groups -OCH3 is 1. The Morgan fingerprint density at radius 2 is 2.04 bits per heavy atom. The highest BCUT2D eigenvalue weighted by Crippen LogP contribution is 2.67. The molecule has 3 saturated carbocycles. The van der Waals surface area contributed by atoms with E-state index in [-0.39, 0.29) is 5.97 Å². The van der Waals surface area contributed by atoms with Crippen molar-refractivity contribution < 1.29 is 9.53 Å². The van der Waals surface area contributed by atoms with E-state index in [4.69, 9.17) is 4.74 Å². The Morgan fingerprint density at radius 1 is 1.22 bits per heavy atom. The van der Waals surface area contributed by atoms with Gasteiger partial charge in [0.2, 0.25) is 0 Å². The smallest absolute Gasteiger partial charge is 0.305 e. The van der Waals surface area contributed by atoms with Crippen LogP contribution in [0.1, 0.15) is 78.6 Å². The molecule has 0 heterocycles. The Hall–Kier alpha value is -1.05. The minimum atomic E-state index is -0.0473. The van der Waals surface area contributed by atoms with Crippen molar-refractivity contribution >= 4 is 5.97 Å². The zero-order valence-corrected chi connectivity index (χ0v) is 17.8. The molecule has 0 radical (unpaired) electrons. The maximum atomic E-state index is 11.6. The van der Waals surface area contributed by atoms with Crippen molar-refractivity contribution in [1.82, 2.24) is 0 Å². The largest absolute Gasteiger partial charge is 0.469 e. The van der Waals surface area contributed by atoms with Crippen LogP contribution in [0, 0.1) is 40.4 Å². The second kappa shape index (κ2) is 7.08. The van der Waals surface area contributed by atoms with Crippen molar-refractivity contribution in [2.45, 2.75) is 78.6 Å². The predicted molar refractivity (Wildman–Crippen MR) is 110 cm³/mol. The molecule has 0 aliphatic heterocycles. The number of hydrogen-bond acceptors (Lipinski definition) is 2. The second-order valence-corrected chi connectivity index (χ2v) is 10.4. The highest BCUT2D eigenvalue weighted by atomic mass is 16.5. The van der Waals surface area contributed by atoms with Gasteiger partial charge in [-0.05, 0) is 86.4 Å². The Labute approximate surface area is 165 Å². The van der Waals surface area contributed by atoms with Gasteiger partial charge < -0.3 is 4.74 Å². The van der Waals surface area contributed by atoms with E-state index < -0.39 is 0 Å². The maximum Gasteiger partial charge on any atom is 0.305 e. The molecule has 2 nitrogen and oxygen atoms in total. The molecule has 0 N–H and O–H groups in total. The Balaban J connectivity index is 1.51. The van der Waals surface area contributed by atoms with E-state index in [1.807, 2.05) is 0 Å². The molecule has 7 atom stereocenters. The first kappa shape index (κ1) is 19.3. The van der Waals surface area contributed by atoms with E-state index in [2.05, 4.69) is 39.0 Å².